The molecule has 1 N–H and O–H groups in total. The van der Waals surface area contributed by atoms with E-state index in [0.29, 0.717) is 17.6 Å². The van der Waals surface area contributed by atoms with E-state index >= 15 is 0 Å². The summed E-state index contributed by atoms with van der Waals surface area (Å²) in [6.07, 6.45) is 0. The highest BCUT2D eigenvalue weighted by Crippen LogP contribution is 2.21. The van der Waals surface area contributed by atoms with Crippen molar-refractivity contribution in [3.8, 4) is 0 Å². The zero-order chi connectivity index (χ0) is 18.6. The van der Waals surface area contributed by atoms with Crippen molar-refractivity contribution < 1.29 is 13.2 Å². The maximum absolute atomic E-state index is 12.4. The Bertz CT molecular complexity index is 866. The fourth-order valence-corrected chi connectivity index (χ4v) is 4.84. The average molecular weight is 438 g/mol. The van der Waals surface area contributed by atoms with Crippen LogP contribution in [0.15, 0.2) is 64.0 Å². The van der Waals surface area contributed by atoms with Gasteiger partial charge in [-0.1, -0.05) is 30.3 Å². The summed E-state index contributed by atoms with van der Waals surface area (Å²) in [5, 5.41) is 0. The number of rotatable bonds is 5. The van der Waals surface area contributed by atoms with Gasteiger partial charge in [-0.2, -0.15) is 0 Å². The normalized spacial score (nSPS) is 15.1. The Labute approximate surface area is 162 Å². The van der Waals surface area contributed by atoms with Crippen LogP contribution in [0.1, 0.15) is 0 Å². The van der Waals surface area contributed by atoms with Gasteiger partial charge in [0, 0.05) is 36.3 Å². The van der Waals surface area contributed by atoms with Gasteiger partial charge >= 0.3 is 0 Å². The van der Waals surface area contributed by atoms with E-state index in [1.807, 2.05) is 30.3 Å². The molecule has 26 heavy (non-hydrogen) atoms. The number of nitrogens with zero attached hydrogens (tertiary/aromatic N) is 2. The Balaban J connectivity index is 1.54. The Kier molecular flexibility index (Phi) is 5.95. The third kappa shape index (κ3) is 4.44. The molecule has 1 saturated heterocycles. The van der Waals surface area contributed by atoms with Gasteiger partial charge in [0.15, 0.2) is 0 Å². The number of sulfonamides is 1. The van der Waals surface area contributed by atoms with Crippen LogP contribution in [-0.2, 0) is 14.8 Å². The first-order valence-electron chi connectivity index (χ1n) is 8.29. The number of nitrogens with one attached hydrogen (secondary N) is 1. The lowest BCUT2D eigenvalue weighted by atomic mass is 10.2. The van der Waals surface area contributed by atoms with Crippen LogP contribution in [0.25, 0.3) is 0 Å². The Hall–Kier alpha value is -1.90. The van der Waals surface area contributed by atoms with E-state index in [1.165, 1.54) is 6.07 Å². The van der Waals surface area contributed by atoms with Gasteiger partial charge in [0.25, 0.3) is 0 Å². The minimum atomic E-state index is -3.73. The highest BCUT2D eigenvalue weighted by Gasteiger charge is 2.23. The molecule has 0 bridgehead atoms. The van der Waals surface area contributed by atoms with Crippen molar-refractivity contribution in [2.24, 2.45) is 0 Å². The number of carbonyl (C=O) groups is 1. The summed E-state index contributed by atoms with van der Waals surface area (Å²) in [5.74, 6) is -0.214. The largest absolute Gasteiger partial charge is 0.368 e. The lowest BCUT2D eigenvalue weighted by Crippen LogP contribution is -2.51. The predicted octanol–water partition coefficient (Wildman–Crippen LogP) is 2.08. The molecule has 138 valence electrons. The van der Waals surface area contributed by atoms with Crippen LogP contribution in [0.2, 0.25) is 0 Å². The first-order valence-corrected chi connectivity index (χ1v) is 10.6. The molecule has 0 aromatic heterocycles. The Morgan fingerprint density at radius 3 is 2.23 bits per heavy atom. The number of amides is 1. The zero-order valence-corrected chi connectivity index (χ0v) is 16.5. The van der Waals surface area contributed by atoms with Crippen molar-refractivity contribution >= 4 is 37.5 Å². The molecule has 1 heterocycles. The van der Waals surface area contributed by atoms with E-state index in [9.17, 15) is 13.2 Å². The van der Waals surface area contributed by atoms with Crippen molar-refractivity contribution in [2.75, 3.05) is 37.6 Å². The second-order valence-corrected chi connectivity index (χ2v) is 8.55. The first kappa shape index (κ1) is 18.9. The third-order valence-electron chi connectivity index (χ3n) is 4.29. The van der Waals surface area contributed by atoms with Gasteiger partial charge in [-0.05, 0) is 40.2 Å². The number of carbonyl (C=O) groups excluding carboxylic acids is 1. The van der Waals surface area contributed by atoms with Gasteiger partial charge in [-0.3, -0.25) is 4.79 Å². The maximum Gasteiger partial charge on any atom is 0.242 e. The zero-order valence-electron chi connectivity index (χ0n) is 14.1. The molecule has 1 aliphatic heterocycles. The molecule has 2 aromatic rings. The number of hydrogen-bond donors (Lipinski definition) is 1. The van der Waals surface area contributed by atoms with Gasteiger partial charge in [0.2, 0.25) is 15.9 Å². The number of hydrogen-bond acceptors (Lipinski definition) is 4. The van der Waals surface area contributed by atoms with Crippen molar-refractivity contribution in [2.45, 2.75) is 4.90 Å². The summed E-state index contributed by atoms with van der Waals surface area (Å²) < 4.78 is 27.6. The van der Waals surface area contributed by atoms with Gasteiger partial charge in [0.05, 0.1) is 11.4 Å². The summed E-state index contributed by atoms with van der Waals surface area (Å²) >= 11 is 3.22. The van der Waals surface area contributed by atoms with E-state index in [1.54, 1.807) is 23.1 Å². The van der Waals surface area contributed by atoms with Crippen LogP contribution in [0.3, 0.4) is 0 Å². The summed E-state index contributed by atoms with van der Waals surface area (Å²) in [6, 6.07) is 16.6. The smallest absolute Gasteiger partial charge is 0.242 e. The van der Waals surface area contributed by atoms with Gasteiger partial charge in [-0.15, -0.1) is 0 Å². The SMILES string of the molecule is O=C(CNS(=O)(=O)c1ccccc1Br)N1CCN(c2ccccc2)CC1. The van der Waals surface area contributed by atoms with Gasteiger partial charge in [0.1, 0.15) is 0 Å². The standard InChI is InChI=1S/C18H20BrN3O3S/c19-16-8-4-5-9-17(16)26(24,25)20-14-18(23)22-12-10-21(11-13-22)15-6-2-1-3-7-15/h1-9,20H,10-14H2. The summed E-state index contributed by atoms with van der Waals surface area (Å²) in [5.41, 5.74) is 1.13. The fraction of sp³-hybridized carbons (Fsp3) is 0.278. The number of anilines is 1. The molecule has 8 heteroatoms. The predicted molar refractivity (Wildman–Crippen MR) is 105 cm³/mol. The molecule has 1 fully saturated rings. The number of para-hydroxylation sites is 1. The Morgan fingerprint density at radius 2 is 1.58 bits per heavy atom. The molecular formula is C18H20BrN3O3S. The lowest BCUT2D eigenvalue weighted by Gasteiger charge is -2.36. The molecule has 0 unspecified atom stereocenters. The van der Waals surface area contributed by atoms with Crippen molar-refractivity contribution in [3.63, 3.8) is 0 Å². The molecule has 2 aromatic carbocycles. The number of benzene rings is 2. The lowest BCUT2D eigenvalue weighted by molar-refractivity contribution is -0.130. The maximum atomic E-state index is 12.4. The number of halogens is 1. The highest BCUT2D eigenvalue weighted by molar-refractivity contribution is 9.10. The highest BCUT2D eigenvalue weighted by atomic mass is 79.9. The van der Waals surface area contributed by atoms with Crippen LogP contribution in [0.5, 0.6) is 0 Å². The molecule has 1 aliphatic rings. The molecule has 3 rings (SSSR count). The topological polar surface area (TPSA) is 69.7 Å². The molecule has 0 radical (unpaired) electrons. The van der Waals surface area contributed by atoms with E-state index < -0.39 is 10.0 Å². The van der Waals surface area contributed by atoms with Crippen LogP contribution in [0.4, 0.5) is 5.69 Å². The average Bonchev–Trinajstić information content (AvgIpc) is 2.67. The molecule has 1 amide bonds. The monoisotopic (exact) mass is 437 g/mol. The molecule has 0 spiro atoms. The molecule has 0 saturated carbocycles. The van der Waals surface area contributed by atoms with Crippen molar-refractivity contribution in [1.82, 2.24) is 9.62 Å². The van der Waals surface area contributed by atoms with Crippen LogP contribution >= 0.6 is 15.9 Å². The van der Waals surface area contributed by atoms with Crippen LogP contribution in [-0.4, -0.2) is 51.9 Å². The van der Waals surface area contributed by atoms with Gasteiger partial charge in [-0.25, -0.2) is 13.1 Å². The third-order valence-corrected chi connectivity index (χ3v) is 6.71. The Morgan fingerprint density at radius 1 is 0.962 bits per heavy atom. The second-order valence-electron chi connectivity index (χ2n) is 5.96. The molecular weight excluding hydrogens is 418 g/mol. The molecule has 0 aliphatic carbocycles. The van der Waals surface area contributed by atoms with Crippen LogP contribution < -0.4 is 9.62 Å². The summed E-state index contributed by atoms with van der Waals surface area (Å²) in [7, 11) is -3.73. The van der Waals surface area contributed by atoms with E-state index in [0.717, 1.165) is 18.8 Å². The number of piperazine rings is 1. The van der Waals surface area contributed by atoms with E-state index in [2.05, 4.69) is 25.6 Å². The summed E-state index contributed by atoms with van der Waals surface area (Å²) in [4.78, 5) is 16.4. The van der Waals surface area contributed by atoms with Crippen LogP contribution in [0, 0.1) is 0 Å². The van der Waals surface area contributed by atoms with Crippen molar-refractivity contribution in [3.05, 3.63) is 59.1 Å². The summed E-state index contributed by atoms with van der Waals surface area (Å²) in [6.45, 7) is 2.36. The minimum absolute atomic E-state index is 0.127. The minimum Gasteiger partial charge on any atom is -0.368 e. The van der Waals surface area contributed by atoms with E-state index in [4.69, 9.17) is 0 Å². The van der Waals surface area contributed by atoms with Gasteiger partial charge < -0.3 is 9.80 Å². The molecule has 0 atom stereocenters. The fourth-order valence-electron chi connectivity index (χ4n) is 2.86. The molecule has 6 nitrogen and oxygen atoms in total. The van der Waals surface area contributed by atoms with E-state index in [-0.39, 0.29) is 17.3 Å². The first-order chi connectivity index (χ1) is 12.5. The quantitative estimate of drug-likeness (QED) is 0.776. The second kappa shape index (κ2) is 8.20. The van der Waals surface area contributed by atoms with Crippen molar-refractivity contribution in [1.29, 1.82) is 0 Å².